The minimum Gasteiger partial charge on any atom is -0.311 e. The number of hydrogen-bond acceptors (Lipinski definition) is 2. The number of piperazine rings is 1. The fourth-order valence-electron chi connectivity index (χ4n) is 2.19. The summed E-state index contributed by atoms with van der Waals surface area (Å²) in [6.45, 7) is 5.58. The second kappa shape index (κ2) is 4.65. The van der Waals surface area contributed by atoms with Gasteiger partial charge in [0.2, 0.25) is 0 Å². The first kappa shape index (κ1) is 10.5. The average Bonchev–Trinajstić information content (AvgIpc) is 3.00. The molecule has 1 saturated carbocycles. The van der Waals surface area contributed by atoms with Gasteiger partial charge in [-0.1, -0.05) is 17.7 Å². The second-order valence-electron chi connectivity index (χ2n) is 4.52. The zero-order valence-electron chi connectivity index (χ0n) is 8.75. The summed E-state index contributed by atoms with van der Waals surface area (Å²) in [7, 11) is 0. The van der Waals surface area contributed by atoms with E-state index in [-0.39, 0.29) is 0 Å². The molecule has 0 radical (unpaired) electrons. The molecule has 0 amide bonds. The molecule has 1 heterocycles. The van der Waals surface area contributed by atoms with Crippen molar-refractivity contribution < 1.29 is 0 Å². The van der Waals surface area contributed by atoms with E-state index >= 15 is 0 Å². The van der Waals surface area contributed by atoms with Gasteiger partial charge in [0.15, 0.2) is 0 Å². The molecule has 2 aliphatic rings. The lowest BCUT2D eigenvalue weighted by Gasteiger charge is -2.38. The Morgan fingerprint density at radius 3 is 2.93 bits per heavy atom. The average molecular weight is 215 g/mol. The molecule has 3 heteroatoms. The van der Waals surface area contributed by atoms with E-state index in [1.165, 1.54) is 19.4 Å². The van der Waals surface area contributed by atoms with Crippen LogP contribution in [0.1, 0.15) is 19.8 Å². The largest absolute Gasteiger partial charge is 0.311 e. The van der Waals surface area contributed by atoms with Crippen LogP contribution in [0, 0.1) is 5.92 Å². The highest BCUT2D eigenvalue weighted by Crippen LogP contribution is 2.34. The van der Waals surface area contributed by atoms with E-state index < -0.39 is 0 Å². The topological polar surface area (TPSA) is 15.3 Å². The molecule has 80 valence electrons. The molecule has 0 aromatic heterocycles. The first-order chi connectivity index (χ1) is 6.81. The fraction of sp³-hybridized carbons (Fsp3) is 0.818. The van der Waals surface area contributed by atoms with Gasteiger partial charge in [-0.05, 0) is 25.7 Å². The molecule has 1 aliphatic carbocycles. The van der Waals surface area contributed by atoms with Gasteiger partial charge >= 0.3 is 0 Å². The smallest absolute Gasteiger partial charge is 0.0224 e. The molecule has 1 N–H and O–H groups in total. The minimum atomic E-state index is 0.637. The summed E-state index contributed by atoms with van der Waals surface area (Å²) in [5.41, 5.74) is 1.63. The van der Waals surface area contributed by atoms with Gasteiger partial charge in [-0.15, -0.1) is 0 Å². The molecule has 2 nitrogen and oxygen atoms in total. The van der Waals surface area contributed by atoms with E-state index in [0.717, 1.165) is 25.0 Å². The number of nitrogens with one attached hydrogen (secondary N) is 1. The summed E-state index contributed by atoms with van der Waals surface area (Å²) < 4.78 is 0. The van der Waals surface area contributed by atoms with E-state index in [2.05, 4.69) is 17.1 Å². The summed E-state index contributed by atoms with van der Waals surface area (Å²) in [5.74, 6) is 0.949. The van der Waals surface area contributed by atoms with Crippen LogP contribution in [0.4, 0.5) is 0 Å². The SMILES string of the molecule is CC1CNC(C2CC2)CN1C/C=C/Cl. The van der Waals surface area contributed by atoms with Crippen LogP contribution in [-0.4, -0.2) is 36.6 Å². The Bertz CT molecular complexity index is 213. The number of rotatable bonds is 3. The van der Waals surface area contributed by atoms with E-state index in [0.29, 0.717) is 6.04 Å². The van der Waals surface area contributed by atoms with Gasteiger partial charge in [0.25, 0.3) is 0 Å². The molecule has 0 aromatic rings. The highest BCUT2D eigenvalue weighted by molar-refractivity contribution is 6.25. The minimum absolute atomic E-state index is 0.637. The van der Waals surface area contributed by atoms with Crippen molar-refractivity contribution in [3.8, 4) is 0 Å². The first-order valence-electron chi connectivity index (χ1n) is 5.54. The summed E-state index contributed by atoms with van der Waals surface area (Å²) >= 11 is 5.56. The van der Waals surface area contributed by atoms with Gasteiger partial charge in [-0.3, -0.25) is 4.90 Å². The van der Waals surface area contributed by atoms with Crippen LogP contribution in [0.15, 0.2) is 11.6 Å². The zero-order valence-corrected chi connectivity index (χ0v) is 9.50. The molecule has 0 aromatic carbocycles. The molecule has 0 spiro atoms. The summed E-state index contributed by atoms with van der Waals surface area (Å²) in [6.07, 6.45) is 4.88. The molecule has 2 unspecified atom stereocenters. The monoisotopic (exact) mass is 214 g/mol. The normalized spacial score (nSPS) is 35.3. The quantitative estimate of drug-likeness (QED) is 0.771. The van der Waals surface area contributed by atoms with E-state index in [9.17, 15) is 0 Å². The molecular formula is C11H19ClN2. The van der Waals surface area contributed by atoms with Crippen molar-refractivity contribution in [3.05, 3.63) is 11.6 Å². The van der Waals surface area contributed by atoms with Gasteiger partial charge in [0.05, 0.1) is 0 Å². The van der Waals surface area contributed by atoms with Gasteiger partial charge in [-0.2, -0.15) is 0 Å². The van der Waals surface area contributed by atoms with Crippen molar-refractivity contribution in [2.75, 3.05) is 19.6 Å². The van der Waals surface area contributed by atoms with Crippen molar-refractivity contribution in [2.45, 2.75) is 31.8 Å². The van der Waals surface area contributed by atoms with Crippen LogP contribution in [0.3, 0.4) is 0 Å². The summed E-state index contributed by atoms with van der Waals surface area (Å²) in [5, 5.41) is 3.64. The number of hydrogen-bond donors (Lipinski definition) is 1. The molecule has 2 rings (SSSR count). The van der Waals surface area contributed by atoms with Crippen molar-refractivity contribution in [2.24, 2.45) is 5.92 Å². The molecule has 0 bridgehead atoms. The zero-order chi connectivity index (χ0) is 9.97. The van der Waals surface area contributed by atoms with E-state index in [4.69, 9.17) is 11.6 Å². The standard InChI is InChI=1S/C11H19ClN2/c1-9-7-13-11(10-3-4-10)8-14(9)6-2-5-12/h2,5,9-11,13H,3-4,6-8H2,1H3/b5-2+. The molecule has 1 aliphatic heterocycles. The Balaban J connectivity index is 1.85. The second-order valence-corrected chi connectivity index (χ2v) is 4.77. The van der Waals surface area contributed by atoms with Crippen molar-refractivity contribution in [3.63, 3.8) is 0 Å². The van der Waals surface area contributed by atoms with Gasteiger partial charge in [-0.25, -0.2) is 0 Å². The Hall–Kier alpha value is -0.0500. The number of halogens is 1. The predicted octanol–water partition coefficient (Wildman–Crippen LogP) is 1.81. The van der Waals surface area contributed by atoms with Gasteiger partial charge in [0, 0.05) is 37.3 Å². The van der Waals surface area contributed by atoms with Crippen molar-refractivity contribution >= 4 is 11.6 Å². The van der Waals surface area contributed by atoms with Crippen LogP contribution in [0.25, 0.3) is 0 Å². The van der Waals surface area contributed by atoms with Crippen LogP contribution >= 0.6 is 11.6 Å². The molecule has 1 saturated heterocycles. The lowest BCUT2D eigenvalue weighted by Crippen LogP contribution is -2.56. The number of nitrogens with zero attached hydrogens (tertiary/aromatic N) is 1. The maximum Gasteiger partial charge on any atom is 0.0224 e. The summed E-state index contributed by atoms with van der Waals surface area (Å²) in [6, 6.07) is 1.37. The highest BCUT2D eigenvalue weighted by Gasteiger charge is 2.35. The highest BCUT2D eigenvalue weighted by atomic mass is 35.5. The van der Waals surface area contributed by atoms with Gasteiger partial charge < -0.3 is 5.32 Å². The van der Waals surface area contributed by atoms with Crippen molar-refractivity contribution in [1.29, 1.82) is 0 Å². The third-order valence-corrected chi connectivity index (χ3v) is 3.53. The molecule has 2 atom stereocenters. The fourth-order valence-corrected chi connectivity index (χ4v) is 2.27. The van der Waals surface area contributed by atoms with E-state index in [1.807, 2.05) is 6.08 Å². The molecular weight excluding hydrogens is 196 g/mol. The van der Waals surface area contributed by atoms with E-state index in [1.54, 1.807) is 5.54 Å². The third-order valence-electron chi connectivity index (χ3n) is 3.35. The lowest BCUT2D eigenvalue weighted by atomic mass is 10.1. The van der Waals surface area contributed by atoms with Crippen LogP contribution in [0.2, 0.25) is 0 Å². The maximum atomic E-state index is 5.56. The van der Waals surface area contributed by atoms with Crippen LogP contribution in [-0.2, 0) is 0 Å². The lowest BCUT2D eigenvalue weighted by molar-refractivity contribution is 0.147. The Kier molecular flexibility index (Phi) is 3.47. The van der Waals surface area contributed by atoms with Crippen molar-refractivity contribution in [1.82, 2.24) is 10.2 Å². The third kappa shape index (κ3) is 2.50. The summed E-state index contributed by atoms with van der Waals surface area (Å²) in [4.78, 5) is 2.51. The maximum absolute atomic E-state index is 5.56. The Morgan fingerprint density at radius 1 is 1.50 bits per heavy atom. The molecule has 2 fully saturated rings. The Morgan fingerprint density at radius 2 is 2.29 bits per heavy atom. The first-order valence-corrected chi connectivity index (χ1v) is 5.97. The van der Waals surface area contributed by atoms with Crippen LogP contribution in [0.5, 0.6) is 0 Å². The van der Waals surface area contributed by atoms with Gasteiger partial charge in [0.1, 0.15) is 0 Å². The Labute approximate surface area is 91.3 Å². The predicted molar refractivity (Wildman–Crippen MR) is 60.5 cm³/mol. The van der Waals surface area contributed by atoms with Crippen LogP contribution < -0.4 is 5.32 Å². The molecule has 14 heavy (non-hydrogen) atoms.